The van der Waals surface area contributed by atoms with Crippen molar-refractivity contribution in [3.63, 3.8) is 0 Å². The molecule has 4 nitrogen and oxygen atoms in total. The van der Waals surface area contributed by atoms with Crippen LogP contribution < -0.4 is 0 Å². The molecule has 0 radical (unpaired) electrons. The van der Waals surface area contributed by atoms with E-state index in [1.165, 1.54) is 0 Å². The van der Waals surface area contributed by atoms with Crippen LogP contribution in [-0.2, 0) is 9.53 Å². The van der Waals surface area contributed by atoms with Gasteiger partial charge >= 0.3 is 22.3 Å². The standard InChI is InChI=1S/C6Cl2F4N2O2/c7-5(9,10)3(15)16-4(1-13,2-14)6(8,11)12. The molecule has 0 aliphatic rings. The van der Waals surface area contributed by atoms with Gasteiger partial charge in [0.1, 0.15) is 12.1 Å². The number of carbonyl (C=O) groups is 1. The Morgan fingerprint density at radius 1 is 1.12 bits per heavy atom. The van der Waals surface area contributed by atoms with Crippen LogP contribution in [0.15, 0.2) is 0 Å². The molecule has 0 aliphatic heterocycles. The van der Waals surface area contributed by atoms with E-state index in [-0.39, 0.29) is 0 Å². The number of hydrogen-bond acceptors (Lipinski definition) is 4. The second-order valence-corrected chi connectivity index (χ2v) is 3.24. The van der Waals surface area contributed by atoms with Crippen LogP contribution in [0.1, 0.15) is 0 Å². The molecule has 10 heteroatoms. The quantitative estimate of drug-likeness (QED) is 0.449. The summed E-state index contributed by atoms with van der Waals surface area (Å²) in [5.74, 6) is -2.68. The maximum Gasteiger partial charge on any atom is 0.418 e. The Morgan fingerprint density at radius 2 is 1.50 bits per heavy atom. The van der Waals surface area contributed by atoms with Crippen LogP contribution in [0, 0.1) is 22.7 Å². The Labute approximate surface area is 95.9 Å². The molecule has 0 rings (SSSR count). The van der Waals surface area contributed by atoms with Gasteiger partial charge < -0.3 is 4.74 Å². The fourth-order valence-corrected chi connectivity index (χ4v) is 0.614. The molecule has 0 aromatic heterocycles. The minimum Gasteiger partial charge on any atom is -0.417 e. The van der Waals surface area contributed by atoms with E-state index >= 15 is 0 Å². The minimum atomic E-state index is -4.67. The van der Waals surface area contributed by atoms with E-state index in [0.29, 0.717) is 12.1 Å². The van der Waals surface area contributed by atoms with Gasteiger partial charge in [-0.25, -0.2) is 4.79 Å². The van der Waals surface area contributed by atoms with Gasteiger partial charge in [-0.3, -0.25) is 0 Å². The van der Waals surface area contributed by atoms with E-state index in [1.807, 2.05) is 0 Å². The molecule has 88 valence electrons. The van der Waals surface area contributed by atoms with E-state index in [9.17, 15) is 22.4 Å². The largest absolute Gasteiger partial charge is 0.418 e. The van der Waals surface area contributed by atoms with Gasteiger partial charge in [-0.15, -0.1) is 0 Å². The topological polar surface area (TPSA) is 73.9 Å². The second-order valence-electron chi connectivity index (χ2n) is 2.29. The van der Waals surface area contributed by atoms with Crippen LogP contribution in [0.25, 0.3) is 0 Å². The van der Waals surface area contributed by atoms with Crippen molar-refractivity contribution >= 4 is 29.2 Å². The summed E-state index contributed by atoms with van der Waals surface area (Å²) in [6, 6.07) is 1.06. The van der Waals surface area contributed by atoms with E-state index in [2.05, 4.69) is 27.9 Å². The van der Waals surface area contributed by atoms with E-state index in [1.54, 1.807) is 0 Å². The fourth-order valence-electron chi connectivity index (χ4n) is 0.452. The van der Waals surface area contributed by atoms with Crippen LogP contribution in [0.5, 0.6) is 0 Å². The Balaban J connectivity index is 5.26. The van der Waals surface area contributed by atoms with E-state index in [0.717, 1.165) is 0 Å². The predicted molar refractivity (Wildman–Crippen MR) is 41.6 cm³/mol. The molecule has 0 N–H and O–H groups in total. The van der Waals surface area contributed by atoms with Crippen molar-refractivity contribution in [3.05, 3.63) is 0 Å². The summed E-state index contributed by atoms with van der Waals surface area (Å²) >= 11 is 8.45. The number of halogens is 6. The lowest BCUT2D eigenvalue weighted by Crippen LogP contribution is -2.48. The zero-order valence-electron chi connectivity index (χ0n) is 6.98. The molecule has 0 saturated carbocycles. The van der Waals surface area contributed by atoms with Gasteiger partial charge in [-0.2, -0.15) is 28.1 Å². The maximum absolute atomic E-state index is 12.5. The summed E-state index contributed by atoms with van der Waals surface area (Å²) in [4.78, 5) is 10.4. The maximum atomic E-state index is 12.5. The van der Waals surface area contributed by atoms with Gasteiger partial charge in [0.15, 0.2) is 0 Å². The predicted octanol–water partition coefficient (Wildman–Crippen LogP) is 1.98. The molecule has 0 unspecified atom stereocenters. The molecule has 0 aromatic carbocycles. The summed E-state index contributed by atoms with van der Waals surface area (Å²) < 4.78 is 52.6. The first-order valence-corrected chi connectivity index (χ1v) is 3.95. The van der Waals surface area contributed by atoms with Gasteiger partial charge in [-0.05, 0) is 23.2 Å². The third-order valence-electron chi connectivity index (χ3n) is 1.19. The summed E-state index contributed by atoms with van der Waals surface area (Å²) in [7, 11) is 0. The molecule has 0 fully saturated rings. The first-order chi connectivity index (χ1) is 7.00. The number of nitrogens with zero attached hydrogens (tertiary/aromatic N) is 2. The number of hydrogen-bond donors (Lipinski definition) is 0. The van der Waals surface area contributed by atoms with Crippen molar-refractivity contribution < 1.29 is 27.1 Å². The van der Waals surface area contributed by atoms with Crippen LogP contribution in [0.3, 0.4) is 0 Å². The number of carbonyl (C=O) groups excluding carboxylic acids is 1. The second kappa shape index (κ2) is 4.32. The molecule has 0 bridgehead atoms. The van der Waals surface area contributed by atoms with Crippen LogP contribution in [0.2, 0.25) is 0 Å². The Morgan fingerprint density at radius 3 is 1.69 bits per heavy atom. The molecule has 0 atom stereocenters. The highest BCUT2D eigenvalue weighted by molar-refractivity contribution is 6.31. The monoisotopic (exact) mass is 278 g/mol. The first-order valence-electron chi connectivity index (χ1n) is 3.19. The van der Waals surface area contributed by atoms with Crippen molar-refractivity contribution in [2.75, 3.05) is 0 Å². The van der Waals surface area contributed by atoms with Crippen molar-refractivity contribution in [3.8, 4) is 12.1 Å². The Hall–Kier alpha value is -1.25. The molecule has 16 heavy (non-hydrogen) atoms. The lowest BCUT2D eigenvalue weighted by molar-refractivity contribution is -0.181. The lowest BCUT2D eigenvalue weighted by Gasteiger charge is -2.23. The van der Waals surface area contributed by atoms with Crippen molar-refractivity contribution in [1.82, 2.24) is 0 Å². The first kappa shape index (κ1) is 14.8. The molecule has 0 spiro atoms. The summed E-state index contributed by atoms with van der Waals surface area (Å²) in [6.45, 7) is 0. The number of ether oxygens (including phenoxy) is 1. The minimum absolute atomic E-state index is 0.530. The third-order valence-corrected chi connectivity index (χ3v) is 1.61. The zero-order valence-corrected chi connectivity index (χ0v) is 8.49. The SMILES string of the molecule is N#CC(C#N)(OC(=O)C(F)(F)Cl)C(F)(F)Cl. The molecular formula is C6Cl2F4N2O2. The van der Waals surface area contributed by atoms with Gasteiger partial charge in [0, 0.05) is 0 Å². The number of nitriles is 2. The average Bonchev–Trinajstić information content (AvgIpc) is 2.10. The van der Waals surface area contributed by atoms with Crippen molar-refractivity contribution in [2.45, 2.75) is 16.4 Å². The highest BCUT2D eigenvalue weighted by atomic mass is 35.5. The van der Waals surface area contributed by atoms with E-state index < -0.39 is 22.3 Å². The number of alkyl halides is 6. The van der Waals surface area contributed by atoms with Crippen LogP contribution >= 0.6 is 23.2 Å². The molecule has 0 heterocycles. The van der Waals surface area contributed by atoms with Gasteiger partial charge in [0.05, 0.1) is 0 Å². The van der Waals surface area contributed by atoms with Gasteiger partial charge in [-0.1, -0.05) is 0 Å². The normalized spacial score (nSPS) is 12.5. The Bertz CT molecular complexity index is 362. The van der Waals surface area contributed by atoms with Gasteiger partial charge in [0.25, 0.3) is 0 Å². The number of esters is 1. The molecule has 0 saturated heterocycles. The van der Waals surface area contributed by atoms with Gasteiger partial charge in [0.2, 0.25) is 0 Å². The zero-order chi connectivity index (χ0) is 13.2. The number of rotatable bonds is 3. The molecule has 0 aliphatic carbocycles. The third kappa shape index (κ3) is 2.87. The average molecular weight is 279 g/mol. The van der Waals surface area contributed by atoms with Crippen molar-refractivity contribution in [1.29, 1.82) is 10.5 Å². The summed E-state index contributed by atoms with van der Waals surface area (Å²) in [5, 5.41) is 7.13. The van der Waals surface area contributed by atoms with Crippen LogP contribution in [-0.4, -0.2) is 22.3 Å². The van der Waals surface area contributed by atoms with Crippen molar-refractivity contribution in [2.24, 2.45) is 0 Å². The molecule has 0 aromatic rings. The van der Waals surface area contributed by atoms with Crippen LogP contribution in [0.4, 0.5) is 17.6 Å². The lowest BCUT2D eigenvalue weighted by atomic mass is 10.1. The smallest absolute Gasteiger partial charge is 0.417 e. The Kier molecular flexibility index (Phi) is 3.98. The summed E-state index contributed by atoms with van der Waals surface area (Å²) in [5.41, 5.74) is -3.87. The van der Waals surface area contributed by atoms with E-state index in [4.69, 9.17) is 10.5 Å². The molecular weight excluding hydrogens is 279 g/mol. The fraction of sp³-hybridized carbons (Fsp3) is 0.500. The summed E-state index contributed by atoms with van der Waals surface area (Å²) in [6.07, 6.45) is 0. The molecule has 0 amide bonds. The highest BCUT2D eigenvalue weighted by Crippen LogP contribution is 2.37. The highest BCUT2D eigenvalue weighted by Gasteiger charge is 2.60.